The second-order valence-corrected chi connectivity index (χ2v) is 6.83. The van der Waals surface area contributed by atoms with Gasteiger partial charge in [0.2, 0.25) is 0 Å². The maximum atomic E-state index is 12.5. The maximum absolute atomic E-state index is 12.5. The highest BCUT2D eigenvalue weighted by atomic mass is 16.5. The number of hydrogen-bond acceptors (Lipinski definition) is 4. The number of carbonyl (C=O) groups is 2. The molecule has 1 fully saturated rings. The number of benzene rings is 1. The Labute approximate surface area is 148 Å². The first-order chi connectivity index (χ1) is 12.0. The molecule has 0 aliphatic carbocycles. The van der Waals surface area contributed by atoms with E-state index in [9.17, 15) is 9.59 Å². The molecule has 2 heterocycles. The highest BCUT2D eigenvalue weighted by Gasteiger charge is 2.29. The summed E-state index contributed by atoms with van der Waals surface area (Å²) in [7, 11) is 0. The van der Waals surface area contributed by atoms with Gasteiger partial charge in [0.1, 0.15) is 0 Å². The molecule has 0 bridgehead atoms. The van der Waals surface area contributed by atoms with Crippen LogP contribution in [-0.2, 0) is 9.53 Å². The summed E-state index contributed by atoms with van der Waals surface area (Å²) >= 11 is 0. The van der Waals surface area contributed by atoms with Gasteiger partial charge in [-0.05, 0) is 52.2 Å². The number of amides is 1. The van der Waals surface area contributed by atoms with Crippen molar-refractivity contribution in [2.45, 2.75) is 52.1 Å². The Morgan fingerprint density at radius 3 is 2.60 bits per heavy atom. The van der Waals surface area contributed by atoms with Crippen molar-refractivity contribution in [2.75, 3.05) is 6.61 Å². The number of likely N-dealkylation sites (tertiary alicyclic amines) is 1. The number of rotatable bonds is 3. The predicted molar refractivity (Wildman–Crippen MR) is 96.4 cm³/mol. The smallest absolute Gasteiger partial charge is 0.339 e. The molecular weight excluding hydrogens is 316 g/mol. The zero-order chi connectivity index (χ0) is 18.0. The number of nitrogens with zero attached hydrogens (tertiary/aromatic N) is 2. The van der Waals surface area contributed by atoms with Gasteiger partial charge in [-0.3, -0.25) is 9.78 Å². The Balaban J connectivity index is 1.74. The first-order valence-corrected chi connectivity index (χ1v) is 8.82. The average molecular weight is 340 g/mol. The van der Waals surface area contributed by atoms with Gasteiger partial charge in [0.05, 0.1) is 11.1 Å². The molecule has 5 heteroatoms. The van der Waals surface area contributed by atoms with Crippen LogP contribution in [0.2, 0.25) is 0 Å². The molecule has 2 aromatic rings. The normalized spacial score (nSPS) is 20.5. The summed E-state index contributed by atoms with van der Waals surface area (Å²) in [5.74, 6) is -0.601. The third-order valence-electron chi connectivity index (χ3n) is 4.87. The Morgan fingerprint density at radius 1 is 1.20 bits per heavy atom. The van der Waals surface area contributed by atoms with Crippen LogP contribution in [0.1, 0.15) is 49.2 Å². The van der Waals surface area contributed by atoms with Crippen molar-refractivity contribution in [1.82, 2.24) is 9.88 Å². The molecule has 25 heavy (non-hydrogen) atoms. The van der Waals surface area contributed by atoms with Crippen LogP contribution in [0.3, 0.4) is 0 Å². The van der Waals surface area contributed by atoms with E-state index in [-0.39, 0.29) is 24.6 Å². The first kappa shape index (κ1) is 17.4. The number of hydrogen-bond donors (Lipinski definition) is 0. The van der Waals surface area contributed by atoms with E-state index in [4.69, 9.17) is 4.74 Å². The SMILES string of the molecule is Cc1cc(C(=O)OCC(=O)N2[C@@H](C)CCC[C@@H]2C)c2ccccc2n1. The molecule has 0 spiro atoms. The van der Waals surface area contributed by atoms with Gasteiger partial charge in [0.25, 0.3) is 5.91 Å². The van der Waals surface area contributed by atoms with E-state index in [1.54, 1.807) is 6.07 Å². The predicted octanol–water partition coefficient (Wildman–Crippen LogP) is 3.49. The summed E-state index contributed by atoms with van der Waals surface area (Å²) in [6.07, 6.45) is 3.13. The van der Waals surface area contributed by atoms with Crippen LogP contribution < -0.4 is 0 Å². The van der Waals surface area contributed by atoms with Crippen LogP contribution in [-0.4, -0.2) is 40.5 Å². The van der Waals surface area contributed by atoms with Crippen LogP contribution in [0.5, 0.6) is 0 Å². The summed E-state index contributed by atoms with van der Waals surface area (Å²) in [5.41, 5.74) is 1.95. The Morgan fingerprint density at radius 2 is 1.88 bits per heavy atom. The van der Waals surface area contributed by atoms with Gasteiger partial charge in [0.15, 0.2) is 6.61 Å². The minimum Gasteiger partial charge on any atom is -0.452 e. The molecule has 3 rings (SSSR count). The number of esters is 1. The summed E-state index contributed by atoms with van der Waals surface area (Å²) in [6.45, 7) is 5.72. The summed E-state index contributed by atoms with van der Waals surface area (Å²) in [5, 5.41) is 0.741. The zero-order valence-corrected chi connectivity index (χ0v) is 15.0. The third kappa shape index (κ3) is 3.65. The van der Waals surface area contributed by atoms with Crippen LogP contribution in [0.4, 0.5) is 0 Å². The van der Waals surface area contributed by atoms with E-state index in [0.29, 0.717) is 5.56 Å². The third-order valence-corrected chi connectivity index (χ3v) is 4.87. The van der Waals surface area contributed by atoms with Crippen LogP contribution in [0.25, 0.3) is 10.9 Å². The van der Waals surface area contributed by atoms with Crippen LogP contribution in [0, 0.1) is 6.92 Å². The van der Waals surface area contributed by atoms with Gasteiger partial charge < -0.3 is 9.64 Å². The lowest BCUT2D eigenvalue weighted by molar-refractivity contribution is -0.140. The van der Waals surface area contributed by atoms with Gasteiger partial charge in [-0.2, -0.15) is 0 Å². The van der Waals surface area contributed by atoms with Gasteiger partial charge in [-0.15, -0.1) is 0 Å². The molecule has 5 nitrogen and oxygen atoms in total. The van der Waals surface area contributed by atoms with Crippen molar-refractivity contribution in [3.05, 3.63) is 41.6 Å². The fourth-order valence-electron chi connectivity index (χ4n) is 3.67. The zero-order valence-electron chi connectivity index (χ0n) is 15.0. The van der Waals surface area contributed by atoms with Crippen molar-refractivity contribution in [3.63, 3.8) is 0 Å². The molecular formula is C20H24N2O3. The molecule has 0 N–H and O–H groups in total. The largest absolute Gasteiger partial charge is 0.452 e. The van der Waals surface area contributed by atoms with Crippen molar-refractivity contribution < 1.29 is 14.3 Å². The van der Waals surface area contributed by atoms with E-state index < -0.39 is 5.97 Å². The van der Waals surface area contributed by atoms with Crippen LogP contribution >= 0.6 is 0 Å². The van der Waals surface area contributed by atoms with Crippen LogP contribution in [0.15, 0.2) is 30.3 Å². The highest BCUT2D eigenvalue weighted by Crippen LogP contribution is 2.23. The molecule has 1 saturated heterocycles. The quantitative estimate of drug-likeness (QED) is 0.803. The fourth-order valence-corrected chi connectivity index (χ4v) is 3.67. The Hall–Kier alpha value is -2.43. The molecule has 0 unspecified atom stereocenters. The van der Waals surface area contributed by atoms with E-state index in [0.717, 1.165) is 35.9 Å². The summed E-state index contributed by atoms with van der Waals surface area (Å²) in [6, 6.07) is 9.54. The number of ether oxygens (including phenoxy) is 1. The molecule has 0 saturated carbocycles. The lowest BCUT2D eigenvalue weighted by atomic mass is 9.97. The number of carbonyl (C=O) groups excluding carboxylic acids is 2. The fraction of sp³-hybridized carbons (Fsp3) is 0.450. The first-order valence-electron chi connectivity index (χ1n) is 8.82. The van der Waals surface area contributed by atoms with Gasteiger partial charge in [0, 0.05) is 23.2 Å². The Bertz CT molecular complexity index is 793. The summed E-state index contributed by atoms with van der Waals surface area (Å²) < 4.78 is 5.34. The van der Waals surface area contributed by atoms with Crippen molar-refractivity contribution >= 4 is 22.8 Å². The number of para-hydroxylation sites is 1. The minimum absolute atomic E-state index is 0.122. The van der Waals surface area contributed by atoms with Gasteiger partial charge in [-0.1, -0.05) is 18.2 Å². The molecule has 1 aliphatic heterocycles. The lowest BCUT2D eigenvalue weighted by Crippen LogP contribution is -2.49. The lowest BCUT2D eigenvalue weighted by Gasteiger charge is -2.38. The minimum atomic E-state index is -0.479. The van der Waals surface area contributed by atoms with E-state index in [1.165, 1.54) is 0 Å². The molecule has 1 aromatic carbocycles. The number of aryl methyl sites for hydroxylation is 1. The number of piperidine rings is 1. The molecule has 132 valence electrons. The molecule has 2 atom stereocenters. The highest BCUT2D eigenvalue weighted by molar-refractivity contribution is 6.04. The summed E-state index contributed by atoms with van der Waals surface area (Å²) in [4.78, 5) is 31.3. The Kier molecular flexibility index (Phi) is 5.02. The number of aromatic nitrogens is 1. The molecule has 1 aromatic heterocycles. The van der Waals surface area contributed by atoms with E-state index in [1.807, 2.05) is 36.1 Å². The van der Waals surface area contributed by atoms with Gasteiger partial charge >= 0.3 is 5.97 Å². The second-order valence-electron chi connectivity index (χ2n) is 6.83. The second kappa shape index (κ2) is 7.21. The maximum Gasteiger partial charge on any atom is 0.339 e. The van der Waals surface area contributed by atoms with Crippen molar-refractivity contribution in [3.8, 4) is 0 Å². The number of pyridine rings is 1. The molecule has 0 radical (unpaired) electrons. The van der Waals surface area contributed by atoms with E-state index in [2.05, 4.69) is 18.8 Å². The van der Waals surface area contributed by atoms with Crippen molar-refractivity contribution in [1.29, 1.82) is 0 Å². The standard InChI is InChI=1S/C20H24N2O3/c1-13-11-17(16-9-4-5-10-18(16)21-13)20(24)25-12-19(23)22-14(2)7-6-8-15(22)3/h4-5,9-11,14-15H,6-8,12H2,1-3H3/t14-,15-/m0/s1. The topological polar surface area (TPSA) is 59.5 Å². The van der Waals surface area contributed by atoms with Crippen molar-refractivity contribution in [2.24, 2.45) is 0 Å². The van der Waals surface area contributed by atoms with E-state index >= 15 is 0 Å². The number of fused-ring (bicyclic) bond motifs is 1. The molecule has 1 amide bonds. The van der Waals surface area contributed by atoms with Gasteiger partial charge in [-0.25, -0.2) is 4.79 Å². The molecule has 1 aliphatic rings. The monoisotopic (exact) mass is 340 g/mol. The average Bonchev–Trinajstić information content (AvgIpc) is 2.58.